The van der Waals surface area contributed by atoms with Crippen LogP contribution >= 0.6 is 0 Å². The van der Waals surface area contributed by atoms with Crippen LogP contribution < -0.4 is 16.4 Å². The largest absolute Gasteiger partial charge is 0.418 e. The number of hydrogen-bond donors (Lipinski definition) is 3. The van der Waals surface area contributed by atoms with Crippen molar-refractivity contribution >= 4 is 28.7 Å². The van der Waals surface area contributed by atoms with E-state index in [-0.39, 0.29) is 41.4 Å². The van der Waals surface area contributed by atoms with Crippen molar-refractivity contribution in [3.8, 4) is 5.69 Å². The highest BCUT2D eigenvalue weighted by atomic mass is 19.4. The molecule has 1 aromatic heterocycles. The summed E-state index contributed by atoms with van der Waals surface area (Å²) in [6.07, 6.45) is -3.09. The van der Waals surface area contributed by atoms with Gasteiger partial charge in [0.1, 0.15) is 0 Å². The Balaban J connectivity index is 1.78. The van der Waals surface area contributed by atoms with Gasteiger partial charge in [-0.15, -0.1) is 5.10 Å². The van der Waals surface area contributed by atoms with Crippen LogP contribution in [0, 0.1) is 11.8 Å². The van der Waals surface area contributed by atoms with Crippen LogP contribution in [0.25, 0.3) is 5.69 Å². The first kappa shape index (κ1) is 26.3. The van der Waals surface area contributed by atoms with Crippen LogP contribution in [-0.2, 0) is 11.0 Å². The third-order valence-electron chi connectivity index (χ3n) is 6.06. The molecule has 11 heteroatoms. The maximum Gasteiger partial charge on any atom is 0.418 e. The number of halogens is 3. The summed E-state index contributed by atoms with van der Waals surface area (Å²) in [6, 6.07) is 9.23. The summed E-state index contributed by atoms with van der Waals surface area (Å²) in [6.45, 7) is 8.17. The highest BCUT2D eigenvalue weighted by Gasteiger charge is 2.35. The zero-order chi connectivity index (χ0) is 26.9. The van der Waals surface area contributed by atoms with Gasteiger partial charge in [-0.3, -0.25) is 9.79 Å². The molecule has 0 radical (unpaired) electrons. The van der Waals surface area contributed by atoms with E-state index < -0.39 is 17.6 Å². The SMILES string of the molecule is CC(C)CNc1cc2c(cc1C(F)(F)F)NC(=O)CC(c1cccc(-n3nncc3C(N)C(C)C)c1)=N2. The second kappa shape index (κ2) is 10.3. The lowest BCUT2D eigenvalue weighted by atomic mass is 10.0. The minimum absolute atomic E-state index is 0.0139. The first-order valence-electron chi connectivity index (χ1n) is 12.1. The Bertz CT molecular complexity index is 1330. The zero-order valence-electron chi connectivity index (χ0n) is 21.1. The van der Waals surface area contributed by atoms with Gasteiger partial charge in [0.05, 0.1) is 52.7 Å². The normalized spacial score (nSPS) is 14.8. The third-order valence-corrected chi connectivity index (χ3v) is 6.06. The summed E-state index contributed by atoms with van der Waals surface area (Å²) in [5.74, 6) is -0.166. The molecule has 37 heavy (non-hydrogen) atoms. The van der Waals surface area contributed by atoms with E-state index in [4.69, 9.17) is 5.73 Å². The molecule has 0 bridgehead atoms. The van der Waals surface area contributed by atoms with Gasteiger partial charge in [-0.05, 0) is 41.7 Å². The molecular formula is C26H30F3N7O. The second-order valence-corrected chi connectivity index (χ2v) is 9.86. The Morgan fingerprint density at radius 1 is 1.16 bits per heavy atom. The Morgan fingerprint density at radius 2 is 1.92 bits per heavy atom. The average molecular weight is 514 g/mol. The second-order valence-electron chi connectivity index (χ2n) is 9.86. The quantitative estimate of drug-likeness (QED) is 0.388. The van der Waals surface area contributed by atoms with Crippen molar-refractivity contribution in [2.75, 3.05) is 17.2 Å². The summed E-state index contributed by atoms with van der Waals surface area (Å²) in [5, 5.41) is 13.6. The lowest BCUT2D eigenvalue weighted by Gasteiger charge is -2.18. The van der Waals surface area contributed by atoms with Crippen molar-refractivity contribution in [1.29, 1.82) is 0 Å². The van der Waals surface area contributed by atoms with E-state index in [1.807, 2.05) is 39.8 Å². The Kier molecular flexibility index (Phi) is 7.35. The highest BCUT2D eigenvalue weighted by Crippen LogP contribution is 2.42. The van der Waals surface area contributed by atoms with Crippen LogP contribution in [0.3, 0.4) is 0 Å². The number of amides is 1. The number of hydrogen-bond acceptors (Lipinski definition) is 6. The number of nitrogens with two attached hydrogens (primary N) is 1. The predicted molar refractivity (Wildman–Crippen MR) is 137 cm³/mol. The molecular weight excluding hydrogens is 483 g/mol. The molecule has 1 amide bonds. The number of rotatable bonds is 7. The molecule has 196 valence electrons. The van der Waals surface area contributed by atoms with E-state index >= 15 is 0 Å². The van der Waals surface area contributed by atoms with Crippen molar-refractivity contribution in [3.05, 3.63) is 59.4 Å². The fourth-order valence-corrected chi connectivity index (χ4v) is 4.00. The predicted octanol–water partition coefficient (Wildman–Crippen LogP) is 5.47. The molecule has 1 unspecified atom stereocenters. The summed E-state index contributed by atoms with van der Waals surface area (Å²) >= 11 is 0. The molecule has 4 N–H and O–H groups in total. The summed E-state index contributed by atoms with van der Waals surface area (Å²) in [4.78, 5) is 17.3. The van der Waals surface area contributed by atoms with Gasteiger partial charge >= 0.3 is 6.18 Å². The number of alkyl halides is 3. The number of nitrogens with one attached hydrogen (secondary N) is 2. The maximum atomic E-state index is 13.8. The minimum Gasteiger partial charge on any atom is -0.384 e. The van der Waals surface area contributed by atoms with E-state index in [1.54, 1.807) is 23.0 Å². The first-order chi connectivity index (χ1) is 17.4. The Labute approximate surface area is 213 Å². The molecule has 3 aromatic rings. The van der Waals surface area contributed by atoms with Crippen LogP contribution in [0.15, 0.2) is 47.6 Å². The number of aromatic nitrogens is 3. The number of benzene rings is 2. The third kappa shape index (κ3) is 5.82. The molecule has 2 aromatic carbocycles. The number of aliphatic imine (C=N–C) groups is 1. The monoisotopic (exact) mass is 513 g/mol. The summed E-state index contributed by atoms with van der Waals surface area (Å²) < 4.78 is 43.0. The average Bonchev–Trinajstić information content (AvgIpc) is 3.25. The van der Waals surface area contributed by atoms with Gasteiger partial charge < -0.3 is 16.4 Å². The molecule has 1 aliphatic heterocycles. The van der Waals surface area contributed by atoms with Crippen LogP contribution in [0.5, 0.6) is 0 Å². The van der Waals surface area contributed by atoms with E-state index in [0.29, 0.717) is 23.5 Å². The van der Waals surface area contributed by atoms with E-state index in [9.17, 15) is 18.0 Å². The molecule has 0 fully saturated rings. The lowest BCUT2D eigenvalue weighted by Crippen LogP contribution is -2.20. The van der Waals surface area contributed by atoms with E-state index in [0.717, 1.165) is 11.8 Å². The minimum atomic E-state index is -4.60. The molecule has 0 saturated heterocycles. The lowest BCUT2D eigenvalue weighted by molar-refractivity contribution is -0.137. The van der Waals surface area contributed by atoms with Crippen LogP contribution in [-0.4, -0.2) is 33.2 Å². The molecule has 0 aliphatic carbocycles. The molecule has 4 rings (SSSR count). The standard InChI is InChI=1S/C26H30F3N7O/c1-14(2)12-31-20-10-22-21(9-18(20)26(27,28)29)34-24(37)11-19(33-22)16-6-5-7-17(8-16)36-23(13-32-35-36)25(30)15(3)4/h5-10,13-15,25,31H,11-12,30H2,1-4H3,(H,34,37). The van der Waals surface area contributed by atoms with Gasteiger partial charge in [0, 0.05) is 12.2 Å². The van der Waals surface area contributed by atoms with Gasteiger partial charge in [-0.1, -0.05) is 45.0 Å². The van der Waals surface area contributed by atoms with Crippen molar-refractivity contribution in [2.24, 2.45) is 22.6 Å². The smallest absolute Gasteiger partial charge is 0.384 e. The molecule has 1 aliphatic rings. The van der Waals surface area contributed by atoms with Crippen LogP contribution in [0.4, 0.5) is 30.2 Å². The Morgan fingerprint density at radius 3 is 2.59 bits per heavy atom. The topological polar surface area (TPSA) is 110 Å². The molecule has 8 nitrogen and oxygen atoms in total. The Hall–Kier alpha value is -3.73. The van der Waals surface area contributed by atoms with Crippen molar-refractivity contribution in [3.63, 3.8) is 0 Å². The number of carbonyl (C=O) groups excluding carboxylic acids is 1. The van der Waals surface area contributed by atoms with Gasteiger partial charge in [0.2, 0.25) is 5.91 Å². The molecule has 0 saturated carbocycles. The van der Waals surface area contributed by atoms with E-state index in [2.05, 4.69) is 25.9 Å². The fourth-order valence-electron chi connectivity index (χ4n) is 4.00. The number of anilines is 2. The fraction of sp³-hybridized carbons (Fsp3) is 0.385. The van der Waals surface area contributed by atoms with Crippen LogP contribution in [0.2, 0.25) is 0 Å². The highest BCUT2D eigenvalue weighted by molar-refractivity contribution is 6.17. The van der Waals surface area contributed by atoms with Gasteiger partial charge in [0.15, 0.2) is 0 Å². The van der Waals surface area contributed by atoms with Crippen molar-refractivity contribution in [1.82, 2.24) is 15.0 Å². The molecule has 2 heterocycles. The maximum absolute atomic E-state index is 13.8. The van der Waals surface area contributed by atoms with E-state index in [1.165, 1.54) is 6.07 Å². The van der Waals surface area contributed by atoms with Crippen molar-refractivity contribution < 1.29 is 18.0 Å². The molecule has 0 spiro atoms. The zero-order valence-corrected chi connectivity index (χ0v) is 21.1. The van der Waals surface area contributed by atoms with Gasteiger partial charge in [-0.25, -0.2) is 4.68 Å². The van der Waals surface area contributed by atoms with Gasteiger partial charge in [-0.2, -0.15) is 13.2 Å². The summed E-state index contributed by atoms with van der Waals surface area (Å²) in [7, 11) is 0. The number of fused-ring (bicyclic) bond motifs is 1. The first-order valence-corrected chi connectivity index (χ1v) is 12.1. The number of nitrogens with zero attached hydrogens (tertiary/aromatic N) is 4. The number of carbonyl (C=O) groups is 1. The van der Waals surface area contributed by atoms with Crippen molar-refractivity contribution in [2.45, 2.75) is 46.3 Å². The van der Waals surface area contributed by atoms with Gasteiger partial charge in [0.25, 0.3) is 0 Å². The van der Waals surface area contributed by atoms with Crippen LogP contribution in [0.1, 0.15) is 57.0 Å². The summed E-state index contributed by atoms with van der Waals surface area (Å²) in [5.41, 5.74) is 8.12. The molecule has 1 atom stereocenters.